The van der Waals surface area contributed by atoms with Gasteiger partial charge < -0.3 is 9.88 Å². The molecule has 0 bridgehead atoms. The first-order valence-electron chi connectivity index (χ1n) is 4.28. The normalized spacial score (nSPS) is 25.1. The lowest BCUT2D eigenvalue weighted by molar-refractivity contribution is 0.382. The molecule has 1 aliphatic heterocycles. The molecule has 0 atom stereocenters. The Kier molecular flexibility index (Phi) is 0.899. The lowest BCUT2D eigenvalue weighted by Crippen LogP contribution is -2.38. The zero-order valence-corrected chi connectivity index (χ0v) is 6.51. The van der Waals surface area contributed by atoms with Gasteiger partial charge in [0.1, 0.15) is 0 Å². The maximum atomic E-state index is 3.46. The van der Waals surface area contributed by atoms with Crippen LogP contribution in [0.5, 0.6) is 0 Å². The average molecular weight is 148 g/mol. The van der Waals surface area contributed by atoms with Crippen LogP contribution in [0.3, 0.4) is 0 Å². The molecule has 2 aliphatic rings. The molecule has 0 saturated heterocycles. The molecule has 1 saturated carbocycles. The minimum absolute atomic E-state index is 0.497. The van der Waals surface area contributed by atoms with Gasteiger partial charge in [-0.15, -0.1) is 0 Å². The number of aromatic nitrogens is 1. The van der Waals surface area contributed by atoms with Gasteiger partial charge in [-0.2, -0.15) is 0 Å². The predicted molar refractivity (Wildman–Crippen MR) is 43.3 cm³/mol. The summed E-state index contributed by atoms with van der Waals surface area (Å²) >= 11 is 0. The molecule has 2 heterocycles. The van der Waals surface area contributed by atoms with Crippen LogP contribution < -0.4 is 5.32 Å². The Morgan fingerprint density at radius 1 is 1.45 bits per heavy atom. The van der Waals surface area contributed by atoms with Gasteiger partial charge in [-0.3, -0.25) is 0 Å². The van der Waals surface area contributed by atoms with Crippen molar-refractivity contribution >= 4 is 0 Å². The SMILES string of the molecule is c1cc2n(c1)C1(CC1)CNC2. The molecule has 1 spiro atoms. The lowest BCUT2D eigenvalue weighted by atomic mass is 10.2. The summed E-state index contributed by atoms with van der Waals surface area (Å²) in [6.07, 6.45) is 4.95. The van der Waals surface area contributed by atoms with E-state index in [-0.39, 0.29) is 0 Å². The van der Waals surface area contributed by atoms with E-state index in [9.17, 15) is 0 Å². The van der Waals surface area contributed by atoms with Crippen LogP contribution >= 0.6 is 0 Å². The van der Waals surface area contributed by atoms with Gasteiger partial charge in [0, 0.05) is 25.0 Å². The Bertz CT molecular complexity index is 284. The maximum Gasteiger partial charge on any atom is 0.0569 e. The molecule has 2 nitrogen and oxygen atoms in total. The molecular formula is C9H12N2. The first-order chi connectivity index (χ1) is 5.41. The van der Waals surface area contributed by atoms with Crippen molar-refractivity contribution in [2.75, 3.05) is 6.54 Å². The summed E-state index contributed by atoms with van der Waals surface area (Å²) in [5, 5.41) is 3.46. The van der Waals surface area contributed by atoms with E-state index in [4.69, 9.17) is 0 Å². The van der Waals surface area contributed by atoms with Crippen molar-refractivity contribution in [3.05, 3.63) is 24.0 Å². The van der Waals surface area contributed by atoms with Crippen molar-refractivity contribution in [2.45, 2.75) is 24.9 Å². The Morgan fingerprint density at radius 3 is 3.18 bits per heavy atom. The van der Waals surface area contributed by atoms with E-state index in [0.29, 0.717) is 5.54 Å². The Labute approximate surface area is 66.2 Å². The Morgan fingerprint density at radius 2 is 2.36 bits per heavy atom. The van der Waals surface area contributed by atoms with Crippen molar-refractivity contribution < 1.29 is 0 Å². The Balaban J connectivity index is 2.16. The highest BCUT2D eigenvalue weighted by Gasteiger charge is 2.46. The van der Waals surface area contributed by atoms with E-state index in [0.717, 1.165) is 6.54 Å². The third-order valence-corrected chi connectivity index (χ3v) is 2.93. The summed E-state index contributed by atoms with van der Waals surface area (Å²) in [5.74, 6) is 0. The molecule has 1 N–H and O–H groups in total. The van der Waals surface area contributed by atoms with Crippen molar-refractivity contribution in [3.8, 4) is 0 Å². The Hall–Kier alpha value is -0.760. The van der Waals surface area contributed by atoms with E-state index in [2.05, 4.69) is 28.2 Å². The highest BCUT2D eigenvalue weighted by atomic mass is 15.2. The molecule has 0 unspecified atom stereocenters. The maximum absolute atomic E-state index is 3.46. The van der Waals surface area contributed by atoms with Crippen LogP contribution in [-0.2, 0) is 12.1 Å². The van der Waals surface area contributed by atoms with Crippen LogP contribution in [0.25, 0.3) is 0 Å². The largest absolute Gasteiger partial charge is 0.343 e. The van der Waals surface area contributed by atoms with Gasteiger partial charge in [0.2, 0.25) is 0 Å². The smallest absolute Gasteiger partial charge is 0.0569 e. The molecule has 2 heteroatoms. The first kappa shape index (κ1) is 5.84. The van der Waals surface area contributed by atoms with E-state index in [1.54, 1.807) is 0 Å². The summed E-state index contributed by atoms with van der Waals surface area (Å²) in [7, 11) is 0. The molecule has 58 valence electrons. The monoisotopic (exact) mass is 148 g/mol. The topological polar surface area (TPSA) is 17.0 Å². The second-order valence-electron chi connectivity index (χ2n) is 3.70. The molecule has 11 heavy (non-hydrogen) atoms. The third kappa shape index (κ3) is 0.653. The minimum atomic E-state index is 0.497. The fraction of sp³-hybridized carbons (Fsp3) is 0.556. The lowest BCUT2D eigenvalue weighted by Gasteiger charge is -2.26. The number of nitrogens with zero attached hydrogens (tertiary/aromatic N) is 1. The number of rotatable bonds is 0. The number of nitrogens with one attached hydrogen (secondary N) is 1. The zero-order chi connectivity index (χ0) is 7.31. The third-order valence-electron chi connectivity index (χ3n) is 2.93. The average Bonchev–Trinajstić information content (AvgIpc) is 2.63. The van der Waals surface area contributed by atoms with E-state index in [1.165, 1.54) is 25.1 Å². The number of fused-ring (bicyclic) bond motifs is 2. The summed E-state index contributed by atoms with van der Waals surface area (Å²) < 4.78 is 2.46. The molecule has 1 aliphatic carbocycles. The second kappa shape index (κ2) is 1.69. The van der Waals surface area contributed by atoms with Crippen LogP contribution in [0, 0.1) is 0 Å². The van der Waals surface area contributed by atoms with Gasteiger partial charge in [0.15, 0.2) is 0 Å². The van der Waals surface area contributed by atoms with Gasteiger partial charge in [-0.05, 0) is 25.0 Å². The van der Waals surface area contributed by atoms with Crippen LogP contribution in [0.15, 0.2) is 18.3 Å². The quantitative estimate of drug-likeness (QED) is 0.582. The molecule has 1 aromatic heterocycles. The fourth-order valence-electron chi connectivity index (χ4n) is 2.09. The number of hydrogen-bond donors (Lipinski definition) is 1. The molecular weight excluding hydrogens is 136 g/mol. The zero-order valence-electron chi connectivity index (χ0n) is 6.51. The highest BCUT2D eigenvalue weighted by molar-refractivity contribution is 5.18. The van der Waals surface area contributed by atoms with Crippen LogP contribution in [0.4, 0.5) is 0 Å². The number of hydrogen-bond acceptors (Lipinski definition) is 1. The van der Waals surface area contributed by atoms with E-state index in [1.807, 2.05) is 0 Å². The fourth-order valence-corrected chi connectivity index (χ4v) is 2.09. The van der Waals surface area contributed by atoms with Gasteiger partial charge in [0.05, 0.1) is 5.54 Å². The molecule has 0 aromatic carbocycles. The predicted octanol–water partition coefficient (Wildman–Crippen LogP) is 1.08. The van der Waals surface area contributed by atoms with Crippen molar-refractivity contribution in [2.24, 2.45) is 0 Å². The molecule has 0 amide bonds. The van der Waals surface area contributed by atoms with Crippen LogP contribution in [0.2, 0.25) is 0 Å². The van der Waals surface area contributed by atoms with Crippen molar-refractivity contribution in [3.63, 3.8) is 0 Å². The van der Waals surface area contributed by atoms with E-state index < -0.39 is 0 Å². The highest BCUT2D eigenvalue weighted by Crippen LogP contribution is 2.45. The second-order valence-corrected chi connectivity index (χ2v) is 3.70. The first-order valence-corrected chi connectivity index (χ1v) is 4.28. The van der Waals surface area contributed by atoms with Crippen molar-refractivity contribution in [1.29, 1.82) is 0 Å². The van der Waals surface area contributed by atoms with Crippen molar-refractivity contribution in [1.82, 2.24) is 9.88 Å². The molecule has 1 fully saturated rings. The minimum Gasteiger partial charge on any atom is -0.343 e. The summed E-state index contributed by atoms with van der Waals surface area (Å²) in [5.41, 5.74) is 1.95. The van der Waals surface area contributed by atoms with Gasteiger partial charge in [0.25, 0.3) is 0 Å². The summed E-state index contributed by atoms with van der Waals surface area (Å²) in [6.45, 7) is 2.23. The molecule has 3 rings (SSSR count). The molecule has 0 radical (unpaired) electrons. The van der Waals surface area contributed by atoms with Crippen LogP contribution in [-0.4, -0.2) is 11.1 Å². The summed E-state index contributed by atoms with van der Waals surface area (Å²) in [4.78, 5) is 0. The van der Waals surface area contributed by atoms with Gasteiger partial charge in [-0.1, -0.05) is 0 Å². The van der Waals surface area contributed by atoms with E-state index >= 15 is 0 Å². The summed E-state index contributed by atoms with van der Waals surface area (Å²) in [6, 6.07) is 4.37. The van der Waals surface area contributed by atoms with Crippen LogP contribution in [0.1, 0.15) is 18.5 Å². The standard InChI is InChI=1S/C9H12N2/c1-2-8-6-10-7-9(3-4-9)11(8)5-1/h1-2,5,10H,3-4,6-7H2. The van der Waals surface area contributed by atoms with Gasteiger partial charge in [-0.25, -0.2) is 0 Å². The molecule has 1 aromatic rings. The van der Waals surface area contributed by atoms with Gasteiger partial charge >= 0.3 is 0 Å².